The summed E-state index contributed by atoms with van der Waals surface area (Å²) in [6.45, 7) is 6.78. The van der Waals surface area contributed by atoms with Gasteiger partial charge in [0.25, 0.3) is 0 Å². The number of hydrogen-bond donors (Lipinski definition) is 1. The summed E-state index contributed by atoms with van der Waals surface area (Å²) < 4.78 is 74.1. The number of carboxylic acids is 1. The number of aliphatic hydroxyl groups is 1. The Kier molecular flexibility index (Phi) is 11.0. The summed E-state index contributed by atoms with van der Waals surface area (Å²) in [6, 6.07) is 12.2. The molecule has 2 aliphatic rings. The van der Waals surface area contributed by atoms with Crippen LogP contribution in [0, 0.1) is 12.3 Å². The molecule has 46 heavy (non-hydrogen) atoms. The first kappa shape index (κ1) is 36.2. The third kappa shape index (κ3) is 7.56. The van der Waals surface area contributed by atoms with Crippen molar-refractivity contribution in [1.82, 2.24) is 0 Å². The van der Waals surface area contributed by atoms with Gasteiger partial charge < -0.3 is 19.9 Å². The number of alkyl halides is 6. The highest BCUT2D eigenvalue weighted by Gasteiger charge is 2.46. The molecule has 246 valence electrons. The molecule has 1 N–H and O–H groups in total. The van der Waals surface area contributed by atoms with E-state index in [-0.39, 0.29) is 12.0 Å². The van der Waals surface area contributed by atoms with E-state index < -0.39 is 29.3 Å². The zero-order valence-electron chi connectivity index (χ0n) is 26.0. The van der Waals surface area contributed by atoms with Crippen LogP contribution in [0.15, 0.2) is 78.5 Å². The van der Waals surface area contributed by atoms with Crippen molar-refractivity contribution in [3.63, 3.8) is 0 Å². The molecule has 11 heteroatoms. The zero-order chi connectivity index (χ0) is 34.5. The van der Waals surface area contributed by atoms with Gasteiger partial charge in [0.2, 0.25) is 5.69 Å². The number of rotatable bonds is 8. The summed E-state index contributed by atoms with van der Waals surface area (Å²) in [5, 5.41) is 18.6. The molecular formula is C35H36F6N2O3. The van der Waals surface area contributed by atoms with E-state index in [4.69, 9.17) is 16.3 Å². The summed E-state index contributed by atoms with van der Waals surface area (Å²) in [4.78, 5) is 10.9. The number of aliphatic carboxylic acids is 1. The quantitative estimate of drug-likeness (QED) is 0.116. The molecular weight excluding hydrogens is 610 g/mol. The van der Waals surface area contributed by atoms with Crippen LogP contribution in [0.25, 0.3) is 0 Å². The van der Waals surface area contributed by atoms with Crippen molar-refractivity contribution in [1.29, 1.82) is 0 Å². The fourth-order valence-electron chi connectivity index (χ4n) is 5.94. The minimum absolute atomic E-state index is 0.0825. The summed E-state index contributed by atoms with van der Waals surface area (Å²) in [7, 11) is 2.04. The monoisotopic (exact) mass is 646 g/mol. The Hall–Kier alpha value is -4.30. The Morgan fingerprint density at radius 3 is 2.28 bits per heavy atom. The van der Waals surface area contributed by atoms with Crippen LogP contribution < -0.4 is 10.0 Å². The number of carbonyl (C=O) groups excluding carboxylic acids is 1. The topological polar surface area (TPSA) is 66.6 Å². The van der Waals surface area contributed by atoms with Crippen molar-refractivity contribution >= 4 is 23.1 Å². The van der Waals surface area contributed by atoms with Crippen LogP contribution >= 0.6 is 0 Å². The summed E-state index contributed by atoms with van der Waals surface area (Å²) in [5.41, 5.74) is 4.26. The number of anilines is 1. The largest absolute Gasteiger partial charge is 0.542 e. The van der Waals surface area contributed by atoms with Crippen LogP contribution in [0.4, 0.5) is 37.7 Å². The van der Waals surface area contributed by atoms with Gasteiger partial charge in [-0.25, -0.2) is 0 Å². The van der Waals surface area contributed by atoms with Crippen LogP contribution in [0.1, 0.15) is 56.7 Å². The highest BCUT2D eigenvalue weighted by atomic mass is 19.4. The van der Waals surface area contributed by atoms with E-state index in [0.717, 1.165) is 35.3 Å². The molecule has 0 spiro atoms. The van der Waals surface area contributed by atoms with E-state index in [2.05, 4.69) is 40.5 Å². The Balaban J connectivity index is 0.000000738. The molecule has 0 fully saturated rings. The van der Waals surface area contributed by atoms with Crippen molar-refractivity contribution in [2.24, 2.45) is 0 Å². The van der Waals surface area contributed by atoms with Gasteiger partial charge in [-0.15, -0.1) is 12.3 Å². The Morgan fingerprint density at radius 1 is 1.04 bits per heavy atom. The molecule has 0 saturated heterocycles. The number of nitrogens with zero attached hydrogens (tertiary/aromatic N) is 2. The minimum atomic E-state index is -5.19. The standard InChI is InChI=1S/C33H36F3N2O.C2HF3O2/c1-6-7-13-21-38-28-19-18-24(33(34,35)36)23-26(28)31(2,3)29(38)16-9-8-10-17-30-32(4,20-22-39)25-14-11-12-15-27(25)37(30)5;3-2(4,5)1(6)7/h1,8-12,14-19,23,39H,7,13,20-22H2,2-5H3;(H,6,7)/q+1;/p-1. The van der Waals surface area contributed by atoms with Gasteiger partial charge in [0.1, 0.15) is 12.5 Å². The summed E-state index contributed by atoms with van der Waals surface area (Å²) in [5.74, 6) is -0.354. The number of aliphatic hydroxyl groups excluding tert-OH is 1. The molecule has 1 unspecified atom stereocenters. The normalized spacial score (nSPS) is 19.8. The van der Waals surface area contributed by atoms with Crippen LogP contribution in [-0.4, -0.2) is 47.7 Å². The maximum atomic E-state index is 13.5. The molecule has 2 aromatic rings. The number of likely N-dealkylation sites (N-methyl/N-ethyl adjacent to an activating group) is 1. The van der Waals surface area contributed by atoms with Gasteiger partial charge >= 0.3 is 12.4 Å². The van der Waals surface area contributed by atoms with Crippen molar-refractivity contribution in [3.8, 4) is 12.3 Å². The van der Waals surface area contributed by atoms with Crippen molar-refractivity contribution in [2.75, 3.05) is 25.1 Å². The molecule has 5 nitrogen and oxygen atoms in total. The van der Waals surface area contributed by atoms with E-state index in [0.29, 0.717) is 24.9 Å². The number of unbranched alkanes of at least 4 members (excludes halogenated alkanes) is 1. The zero-order valence-corrected chi connectivity index (χ0v) is 26.0. The van der Waals surface area contributed by atoms with E-state index in [1.165, 1.54) is 11.6 Å². The number of carbonyl (C=O) groups is 1. The van der Waals surface area contributed by atoms with Gasteiger partial charge in [-0.1, -0.05) is 36.4 Å². The molecule has 0 aromatic heterocycles. The number of allylic oxidation sites excluding steroid dienone is 6. The fraction of sp³-hybridized carbons (Fsp3) is 0.371. The van der Waals surface area contributed by atoms with E-state index in [9.17, 15) is 31.4 Å². The van der Waals surface area contributed by atoms with Gasteiger partial charge in [0.05, 0.1) is 11.0 Å². The molecule has 2 aliphatic heterocycles. The molecule has 0 saturated carbocycles. The van der Waals surface area contributed by atoms with Gasteiger partial charge in [-0.05, 0) is 57.0 Å². The molecule has 4 rings (SSSR count). The number of hydrogen-bond acceptors (Lipinski definition) is 4. The average molecular weight is 647 g/mol. The lowest BCUT2D eigenvalue weighted by Crippen LogP contribution is -2.37. The second-order valence-electron chi connectivity index (χ2n) is 11.7. The van der Waals surface area contributed by atoms with Crippen molar-refractivity contribution < 1.29 is 45.9 Å². The SMILES string of the molecule is C#CCCC[N+]1=C(/C=C/C=C/C=C2\N(C)c3ccccc3C2(C)CCO)C(C)(C)c2cc(C(F)(F)F)ccc21.O=C([O-])C(F)(F)F. The number of halogens is 6. The van der Waals surface area contributed by atoms with Crippen molar-refractivity contribution in [2.45, 2.75) is 63.2 Å². The van der Waals surface area contributed by atoms with Crippen LogP contribution in [0.2, 0.25) is 0 Å². The fourth-order valence-corrected chi connectivity index (χ4v) is 5.94. The van der Waals surface area contributed by atoms with Gasteiger partial charge in [0, 0.05) is 61.0 Å². The highest BCUT2D eigenvalue weighted by Crippen LogP contribution is 2.49. The first-order chi connectivity index (χ1) is 21.4. The average Bonchev–Trinajstić information content (AvgIpc) is 3.31. The predicted molar refractivity (Wildman–Crippen MR) is 164 cm³/mol. The first-order valence-electron chi connectivity index (χ1n) is 14.5. The van der Waals surface area contributed by atoms with E-state index >= 15 is 0 Å². The van der Waals surface area contributed by atoms with E-state index in [1.54, 1.807) is 6.07 Å². The number of benzene rings is 2. The Morgan fingerprint density at radius 2 is 1.70 bits per heavy atom. The lowest BCUT2D eigenvalue weighted by atomic mass is 9.79. The molecule has 1 atom stereocenters. The number of terminal acetylenes is 1. The maximum Gasteiger partial charge on any atom is 0.430 e. The second-order valence-corrected chi connectivity index (χ2v) is 11.7. The Bertz CT molecular complexity index is 1610. The molecule has 0 aliphatic carbocycles. The molecule has 0 amide bonds. The number of para-hydroxylation sites is 1. The van der Waals surface area contributed by atoms with Gasteiger partial charge in [-0.3, -0.25) is 0 Å². The Labute approximate surface area is 264 Å². The van der Waals surface area contributed by atoms with E-state index in [1.807, 2.05) is 57.3 Å². The van der Waals surface area contributed by atoms with Gasteiger partial charge in [0.15, 0.2) is 5.71 Å². The van der Waals surface area contributed by atoms with Crippen LogP contribution in [0.5, 0.6) is 0 Å². The molecule has 2 aromatic carbocycles. The van der Waals surface area contributed by atoms with Crippen LogP contribution in [0.3, 0.4) is 0 Å². The number of fused-ring (bicyclic) bond motifs is 2. The second kappa shape index (κ2) is 14.0. The molecule has 0 bridgehead atoms. The maximum absolute atomic E-state index is 13.5. The lowest BCUT2D eigenvalue weighted by molar-refractivity contribution is -0.438. The smallest absolute Gasteiger partial charge is 0.430 e. The molecule has 0 radical (unpaired) electrons. The predicted octanol–water partition coefficient (Wildman–Crippen LogP) is 6.58. The lowest BCUT2D eigenvalue weighted by Gasteiger charge is -2.27. The third-order valence-corrected chi connectivity index (χ3v) is 8.28. The third-order valence-electron chi connectivity index (χ3n) is 8.28. The number of carboxylic acid groups (broad SMARTS) is 1. The summed E-state index contributed by atoms with van der Waals surface area (Å²) >= 11 is 0. The minimum Gasteiger partial charge on any atom is -0.542 e. The van der Waals surface area contributed by atoms with Crippen LogP contribution in [-0.2, 0) is 21.8 Å². The van der Waals surface area contributed by atoms with Crippen molar-refractivity contribution in [3.05, 3.63) is 95.2 Å². The first-order valence-corrected chi connectivity index (χ1v) is 14.5. The van der Waals surface area contributed by atoms with Gasteiger partial charge in [-0.2, -0.15) is 30.9 Å². The highest BCUT2D eigenvalue weighted by molar-refractivity contribution is 6.03. The molecule has 2 heterocycles. The summed E-state index contributed by atoms with van der Waals surface area (Å²) in [6.07, 6.45) is 7.72.